The molecule has 1 N–H and O–H groups in total. The number of aryl methyl sites for hydroxylation is 1. The lowest BCUT2D eigenvalue weighted by molar-refractivity contribution is -0.122. The normalized spacial score (nSPS) is 13.4. The lowest BCUT2D eigenvalue weighted by Gasteiger charge is -2.31. The smallest absolute Gasteiger partial charge is 0.244 e. The van der Waals surface area contributed by atoms with Gasteiger partial charge in [0, 0.05) is 5.02 Å². The van der Waals surface area contributed by atoms with Gasteiger partial charge in [0.1, 0.15) is 11.8 Å². The van der Waals surface area contributed by atoms with Crippen LogP contribution in [0.2, 0.25) is 5.02 Å². The first-order valence-electron chi connectivity index (χ1n) is 9.28. The van der Waals surface area contributed by atoms with Gasteiger partial charge in [0.25, 0.3) is 0 Å². The van der Waals surface area contributed by atoms with Crippen LogP contribution in [0, 0.1) is 6.92 Å². The minimum absolute atomic E-state index is 0.300. The number of nitrogens with zero attached hydrogens (tertiary/aromatic N) is 1. The van der Waals surface area contributed by atoms with E-state index in [1.807, 2.05) is 38.1 Å². The monoisotopic (exact) mass is 438 g/mol. The molecule has 0 saturated heterocycles. The van der Waals surface area contributed by atoms with E-state index in [9.17, 15) is 13.2 Å². The molecule has 0 spiro atoms. The second-order valence-corrected chi connectivity index (χ2v) is 9.19. The molecule has 8 heteroatoms. The molecular formula is C21H27ClN2O4S. The molecule has 2 aromatic carbocycles. The Balaban J connectivity index is 2.30. The fourth-order valence-corrected chi connectivity index (χ4v) is 4.44. The first-order valence-corrected chi connectivity index (χ1v) is 11.5. The Morgan fingerprint density at radius 3 is 2.31 bits per heavy atom. The first-order chi connectivity index (χ1) is 13.6. The molecule has 158 valence electrons. The van der Waals surface area contributed by atoms with Crippen molar-refractivity contribution in [1.82, 2.24) is 5.32 Å². The molecule has 6 nitrogen and oxygen atoms in total. The third kappa shape index (κ3) is 5.64. The van der Waals surface area contributed by atoms with Gasteiger partial charge in [0.15, 0.2) is 0 Å². The molecule has 29 heavy (non-hydrogen) atoms. The average molecular weight is 439 g/mol. The number of methoxy groups -OCH3 is 1. The molecule has 2 atom stereocenters. The van der Waals surface area contributed by atoms with E-state index in [4.69, 9.17) is 16.3 Å². The van der Waals surface area contributed by atoms with Crippen molar-refractivity contribution >= 4 is 33.2 Å². The van der Waals surface area contributed by atoms with Crippen LogP contribution in [0.4, 0.5) is 5.69 Å². The highest BCUT2D eigenvalue weighted by Crippen LogP contribution is 2.28. The molecule has 1 amide bonds. The zero-order chi connectivity index (χ0) is 21.8. The van der Waals surface area contributed by atoms with Gasteiger partial charge >= 0.3 is 0 Å². The molecule has 0 heterocycles. The van der Waals surface area contributed by atoms with Crippen molar-refractivity contribution in [2.45, 2.75) is 39.3 Å². The molecule has 0 aliphatic carbocycles. The summed E-state index contributed by atoms with van der Waals surface area (Å²) < 4.78 is 31.4. The Hall–Kier alpha value is -2.25. The topological polar surface area (TPSA) is 75.7 Å². The number of amides is 1. The maximum absolute atomic E-state index is 13.0. The van der Waals surface area contributed by atoms with E-state index in [-0.39, 0.29) is 11.9 Å². The fourth-order valence-electron chi connectivity index (χ4n) is 3.06. The summed E-state index contributed by atoms with van der Waals surface area (Å²) in [5.74, 6) is 0.344. The van der Waals surface area contributed by atoms with Gasteiger partial charge in [-0.25, -0.2) is 8.42 Å². The molecule has 0 aliphatic rings. The van der Waals surface area contributed by atoms with Crippen LogP contribution in [0.1, 0.15) is 37.4 Å². The van der Waals surface area contributed by atoms with E-state index < -0.39 is 16.1 Å². The van der Waals surface area contributed by atoms with Crippen LogP contribution in [0.5, 0.6) is 5.75 Å². The van der Waals surface area contributed by atoms with Gasteiger partial charge in [0.2, 0.25) is 15.9 Å². The molecule has 0 unspecified atom stereocenters. The summed E-state index contributed by atoms with van der Waals surface area (Å²) in [7, 11) is -2.13. The minimum Gasteiger partial charge on any atom is -0.497 e. The third-order valence-electron chi connectivity index (χ3n) is 4.71. The maximum atomic E-state index is 13.0. The molecule has 0 saturated carbocycles. The van der Waals surface area contributed by atoms with Gasteiger partial charge in [0.05, 0.1) is 25.1 Å². The van der Waals surface area contributed by atoms with Gasteiger partial charge in [-0.05, 0) is 55.7 Å². The molecule has 0 aliphatic heterocycles. The van der Waals surface area contributed by atoms with E-state index in [0.29, 0.717) is 17.1 Å². The number of carbonyl (C=O) groups excluding carboxylic acids is 1. The second kappa shape index (κ2) is 9.50. The summed E-state index contributed by atoms with van der Waals surface area (Å²) in [4.78, 5) is 13.0. The predicted molar refractivity (Wildman–Crippen MR) is 117 cm³/mol. The quantitative estimate of drug-likeness (QED) is 0.673. The van der Waals surface area contributed by atoms with Crippen LogP contribution in [-0.4, -0.2) is 33.7 Å². The molecular weight excluding hydrogens is 412 g/mol. The number of sulfonamides is 1. The molecule has 2 rings (SSSR count). The lowest BCUT2D eigenvalue weighted by atomic mass is 10.1. The summed E-state index contributed by atoms with van der Waals surface area (Å²) in [6, 6.07) is 11.1. The Bertz CT molecular complexity index is 961. The summed E-state index contributed by atoms with van der Waals surface area (Å²) in [6.07, 6.45) is 1.39. The highest BCUT2D eigenvalue weighted by Gasteiger charge is 2.32. The number of hydrogen-bond acceptors (Lipinski definition) is 4. The molecule has 0 aromatic heterocycles. The van der Waals surface area contributed by atoms with Crippen LogP contribution in [0.25, 0.3) is 0 Å². The van der Waals surface area contributed by atoms with Gasteiger partial charge in [-0.3, -0.25) is 9.10 Å². The van der Waals surface area contributed by atoms with Crippen molar-refractivity contribution in [1.29, 1.82) is 0 Å². The number of carbonyl (C=O) groups is 1. The number of nitrogens with one attached hydrogen (secondary N) is 1. The summed E-state index contributed by atoms with van der Waals surface area (Å²) in [5.41, 5.74) is 2.08. The lowest BCUT2D eigenvalue weighted by Crippen LogP contribution is -2.49. The summed E-state index contributed by atoms with van der Waals surface area (Å²) in [5, 5.41) is 3.36. The number of rotatable bonds is 8. The number of halogens is 1. The Morgan fingerprint density at radius 1 is 1.21 bits per heavy atom. The Kier molecular flexibility index (Phi) is 7.54. The number of anilines is 1. The minimum atomic E-state index is -3.72. The van der Waals surface area contributed by atoms with Crippen LogP contribution in [0.3, 0.4) is 0 Å². The third-order valence-corrected chi connectivity index (χ3v) is 6.30. The molecule has 0 bridgehead atoms. The fraction of sp³-hybridized carbons (Fsp3) is 0.381. The number of ether oxygens (including phenoxy) is 1. The van der Waals surface area contributed by atoms with Crippen molar-refractivity contribution in [3.63, 3.8) is 0 Å². The van der Waals surface area contributed by atoms with Gasteiger partial charge < -0.3 is 10.1 Å². The highest BCUT2D eigenvalue weighted by atomic mass is 35.5. The van der Waals surface area contributed by atoms with Crippen molar-refractivity contribution in [2.75, 3.05) is 17.7 Å². The van der Waals surface area contributed by atoms with Crippen molar-refractivity contribution < 1.29 is 17.9 Å². The van der Waals surface area contributed by atoms with E-state index in [0.717, 1.165) is 27.4 Å². The van der Waals surface area contributed by atoms with Gasteiger partial charge in [-0.1, -0.05) is 36.7 Å². The first kappa shape index (κ1) is 23.0. The van der Waals surface area contributed by atoms with Crippen molar-refractivity contribution in [3.05, 3.63) is 58.6 Å². The van der Waals surface area contributed by atoms with E-state index in [1.165, 1.54) is 0 Å². The van der Waals surface area contributed by atoms with E-state index in [2.05, 4.69) is 5.32 Å². The highest BCUT2D eigenvalue weighted by molar-refractivity contribution is 7.92. The Labute approximate surface area is 177 Å². The second-order valence-electron chi connectivity index (χ2n) is 6.92. The van der Waals surface area contributed by atoms with E-state index >= 15 is 0 Å². The molecule has 0 radical (unpaired) electrons. The SMILES string of the molecule is CC[C@@H](C(=O)N[C@H](C)c1ccc(OC)cc1)N(c1ccc(C)c(Cl)c1)S(C)(=O)=O. The number of benzene rings is 2. The summed E-state index contributed by atoms with van der Waals surface area (Å²) >= 11 is 6.19. The van der Waals surface area contributed by atoms with Gasteiger partial charge in [-0.15, -0.1) is 0 Å². The van der Waals surface area contributed by atoms with E-state index in [1.54, 1.807) is 32.2 Å². The maximum Gasteiger partial charge on any atom is 0.244 e. The zero-order valence-corrected chi connectivity index (χ0v) is 18.8. The van der Waals surface area contributed by atoms with Crippen LogP contribution in [-0.2, 0) is 14.8 Å². The van der Waals surface area contributed by atoms with Crippen LogP contribution >= 0.6 is 11.6 Å². The van der Waals surface area contributed by atoms with Gasteiger partial charge in [-0.2, -0.15) is 0 Å². The van der Waals surface area contributed by atoms with Crippen molar-refractivity contribution in [3.8, 4) is 5.75 Å². The van der Waals surface area contributed by atoms with Crippen LogP contribution in [0.15, 0.2) is 42.5 Å². The standard InChI is InChI=1S/C21H27ClN2O4S/c1-6-20(21(25)23-15(3)16-8-11-18(28-4)12-9-16)24(29(5,26)27)17-10-7-14(2)19(22)13-17/h7-13,15,20H,6H2,1-5H3,(H,23,25)/t15-,20+/m1/s1. The predicted octanol–water partition coefficient (Wildman–Crippen LogP) is 4.08. The van der Waals surface area contributed by atoms with Crippen LogP contribution < -0.4 is 14.4 Å². The average Bonchev–Trinajstić information content (AvgIpc) is 2.67. The molecule has 2 aromatic rings. The molecule has 0 fully saturated rings. The largest absolute Gasteiger partial charge is 0.497 e. The summed E-state index contributed by atoms with van der Waals surface area (Å²) in [6.45, 7) is 5.45. The van der Waals surface area contributed by atoms with Crippen molar-refractivity contribution in [2.24, 2.45) is 0 Å². The Morgan fingerprint density at radius 2 is 1.83 bits per heavy atom. The number of hydrogen-bond donors (Lipinski definition) is 1. The zero-order valence-electron chi connectivity index (χ0n) is 17.3.